The fourth-order valence-corrected chi connectivity index (χ4v) is 3.40. The van der Waals surface area contributed by atoms with Crippen molar-refractivity contribution in [3.63, 3.8) is 0 Å². The number of ether oxygens (including phenoxy) is 1. The van der Waals surface area contributed by atoms with Gasteiger partial charge >= 0.3 is 0 Å². The van der Waals surface area contributed by atoms with Crippen LogP contribution in [0.15, 0.2) is 67.1 Å². The number of nitrogens with one attached hydrogen (secondary N) is 1. The molecule has 2 aromatic carbocycles. The Morgan fingerprint density at radius 2 is 1.97 bits per heavy atom. The van der Waals surface area contributed by atoms with Gasteiger partial charge < -0.3 is 10.1 Å². The standard InChI is InChI=1S/C22H19Cl2N5O2/c1-15-9-17(23)5-6-21(15)31-14-28-8-7-20(27-28)22(30)26-19-4-2-3-16(10-19)12-29-13-18(24)11-25-29/h2-11,13H,12,14H2,1H3,(H,26,30). The molecule has 0 fully saturated rings. The molecule has 4 rings (SSSR count). The molecule has 0 aliphatic rings. The van der Waals surface area contributed by atoms with E-state index >= 15 is 0 Å². The lowest BCUT2D eigenvalue weighted by molar-refractivity contribution is 0.102. The average Bonchev–Trinajstić information content (AvgIpc) is 3.37. The predicted octanol–water partition coefficient (Wildman–Crippen LogP) is 5.03. The third-order valence-electron chi connectivity index (χ3n) is 4.49. The topological polar surface area (TPSA) is 74.0 Å². The summed E-state index contributed by atoms with van der Waals surface area (Å²) in [5, 5.41) is 12.6. The number of rotatable bonds is 7. The monoisotopic (exact) mass is 455 g/mol. The Morgan fingerprint density at radius 3 is 2.74 bits per heavy atom. The molecule has 4 aromatic rings. The number of aryl methyl sites for hydroxylation is 1. The highest BCUT2D eigenvalue weighted by atomic mass is 35.5. The Hall–Kier alpha value is -3.29. The molecule has 7 nitrogen and oxygen atoms in total. The van der Waals surface area contributed by atoms with E-state index in [1.54, 1.807) is 46.2 Å². The van der Waals surface area contributed by atoms with Crippen molar-refractivity contribution in [3.05, 3.63) is 94.0 Å². The quantitative estimate of drug-likeness (QED) is 0.423. The van der Waals surface area contributed by atoms with Crippen LogP contribution in [0.2, 0.25) is 10.0 Å². The maximum absolute atomic E-state index is 12.6. The van der Waals surface area contributed by atoms with E-state index in [9.17, 15) is 4.79 Å². The van der Waals surface area contributed by atoms with Crippen LogP contribution < -0.4 is 10.1 Å². The third-order valence-corrected chi connectivity index (χ3v) is 4.92. The molecule has 31 heavy (non-hydrogen) atoms. The van der Waals surface area contributed by atoms with Gasteiger partial charge in [0, 0.05) is 23.1 Å². The summed E-state index contributed by atoms with van der Waals surface area (Å²) in [6, 6.07) is 14.6. The predicted molar refractivity (Wildman–Crippen MR) is 120 cm³/mol. The maximum Gasteiger partial charge on any atom is 0.276 e. The van der Waals surface area contributed by atoms with Crippen molar-refractivity contribution >= 4 is 34.8 Å². The molecule has 0 atom stereocenters. The largest absolute Gasteiger partial charge is 0.471 e. The van der Waals surface area contributed by atoms with Crippen LogP contribution >= 0.6 is 23.2 Å². The van der Waals surface area contributed by atoms with E-state index < -0.39 is 0 Å². The Balaban J connectivity index is 1.37. The highest BCUT2D eigenvalue weighted by molar-refractivity contribution is 6.30. The van der Waals surface area contributed by atoms with Gasteiger partial charge in [0.15, 0.2) is 12.4 Å². The maximum atomic E-state index is 12.6. The summed E-state index contributed by atoms with van der Waals surface area (Å²) in [7, 11) is 0. The lowest BCUT2D eigenvalue weighted by Gasteiger charge is -2.09. The minimum absolute atomic E-state index is 0.178. The molecule has 0 spiro atoms. The molecular formula is C22H19Cl2N5O2. The number of carbonyl (C=O) groups is 1. The van der Waals surface area contributed by atoms with Gasteiger partial charge in [-0.05, 0) is 54.4 Å². The SMILES string of the molecule is Cc1cc(Cl)ccc1OCn1ccc(C(=O)Nc2cccc(Cn3cc(Cl)cn3)c2)n1. The second-order valence-corrected chi connectivity index (χ2v) is 7.81. The van der Waals surface area contributed by atoms with Crippen LogP contribution in [0, 0.1) is 6.92 Å². The molecule has 0 saturated carbocycles. The third kappa shape index (κ3) is 5.45. The minimum Gasteiger partial charge on any atom is -0.471 e. The first-order chi connectivity index (χ1) is 15.0. The zero-order valence-electron chi connectivity index (χ0n) is 16.6. The Bertz CT molecular complexity index is 1220. The summed E-state index contributed by atoms with van der Waals surface area (Å²) < 4.78 is 9.04. The molecule has 1 amide bonds. The second kappa shape index (κ2) is 9.24. The van der Waals surface area contributed by atoms with E-state index in [2.05, 4.69) is 15.5 Å². The molecule has 2 heterocycles. The molecule has 0 aliphatic heterocycles. The van der Waals surface area contributed by atoms with Gasteiger partial charge in [0.25, 0.3) is 5.91 Å². The molecule has 0 bridgehead atoms. The molecule has 2 aromatic heterocycles. The summed E-state index contributed by atoms with van der Waals surface area (Å²) in [5.74, 6) is 0.405. The van der Waals surface area contributed by atoms with Crippen LogP contribution in [0.1, 0.15) is 21.6 Å². The van der Waals surface area contributed by atoms with Crippen molar-refractivity contribution in [3.8, 4) is 5.75 Å². The number of amides is 1. The fraction of sp³-hybridized carbons (Fsp3) is 0.136. The first-order valence-corrected chi connectivity index (χ1v) is 10.2. The number of hydrogen-bond acceptors (Lipinski definition) is 4. The smallest absolute Gasteiger partial charge is 0.276 e. The molecule has 0 radical (unpaired) electrons. The molecule has 1 N–H and O–H groups in total. The van der Waals surface area contributed by atoms with Gasteiger partial charge in [-0.3, -0.25) is 9.48 Å². The van der Waals surface area contributed by atoms with Crippen LogP contribution in [-0.4, -0.2) is 25.5 Å². The highest BCUT2D eigenvalue weighted by Gasteiger charge is 2.11. The van der Waals surface area contributed by atoms with Crippen molar-refractivity contribution in [2.45, 2.75) is 20.2 Å². The Kier molecular flexibility index (Phi) is 6.25. The first-order valence-electron chi connectivity index (χ1n) is 9.47. The lowest BCUT2D eigenvalue weighted by Crippen LogP contribution is -2.14. The van der Waals surface area contributed by atoms with Gasteiger partial charge in [0.2, 0.25) is 0 Å². The van der Waals surface area contributed by atoms with E-state index in [1.165, 1.54) is 0 Å². The normalized spacial score (nSPS) is 10.8. The van der Waals surface area contributed by atoms with Gasteiger partial charge in [-0.15, -0.1) is 0 Å². The zero-order chi connectivity index (χ0) is 21.8. The molecule has 0 unspecified atom stereocenters. The molecule has 158 valence electrons. The summed E-state index contributed by atoms with van der Waals surface area (Å²) in [6.45, 7) is 2.64. The van der Waals surface area contributed by atoms with E-state index in [4.69, 9.17) is 27.9 Å². The summed E-state index contributed by atoms with van der Waals surface area (Å²) in [4.78, 5) is 12.6. The Morgan fingerprint density at radius 1 is 1.10 bits per heavy atom. The number of carbonyl (C=O) groups excluding carboxylic acids is 1. The number of hydrogen-bond donors (Lipinski definition) is 1. The van der Waals surface area contributed by atoms with Gasteiger partial charge in [-0.1, -0.05) is 35.3 Å². The molecule has 0 aliphatic carbocycles. The van der Waals surface area contributed by atoms with Crippen LogP contribution in [-0.2, 0) is 13.3 Å². The Labute approximate surface area is 189 Å². The summed E-state index contributed by atoms with van der Waals surface area (Å²) in [6.07, 6.45) is 5.02. The molecule has 0 saturated heterocycles. The highest BCUT2D eigenvalue weighted by Crippen LogP contribution is 2.22. The van der Waals surface area contributed by atoms with E-state index in [-0.39, 0.29) is 12.6 Å². The number of halogens is 2. The van der Waals surface area contributed by atoms with E-state index in [0.29, 0.717) is 33.7 Å². The second-order valence-electron chi connectivity index (χ2n) is 6.93. The zero-order valence-corrected chi connectivity index (χ0v) is 18.1. The summed E-state index contributed by atoms with van der Waals surface area (Å²) in [5.41, 5.74) is 2.87. The van der Waals surface area contributed by atoms with Crippen molar-refractivity contribution in [2.75, 3.05) is 5.32 Å². The van der Waals surface area contributed by atoms with Crippen LogP contribution in [0.25, 0.3) is 0 Å². The van der Waals surface area contributed by atoms with Crippen molar-refractivity contribution in [1.29, 1.82) is 0 Å². The average molecular weight is 456 g/mol. The van der Waals surface area contributed by atoms with Crippen LogP contribution in [0.5, 0.6) is 5.75 Å². The van der Waals surface area contributed by atoms with E-state index in [0.717, 1.165) is 11.1 Å². The van der Waals surface area contributed by atoms with Gasteiger partial charge in [-0.2, -0.15) is 10.2 Å². The van der Waals surface area contributed by atoms with Gasteiger partial charge in [0.05, 0.1) is 17.8 Å². The van der Waals surface area contributed by atoms with Crippen molar-refractivity contribution in [2.24, 2.45) is 0 Å². The fourth-order valence-electron chi connectivity index (χ4n) is 3.02. The van der Waals surface area contributed by atoms with Crippen LogP contribution in [0.4, 0.5) is 5.69 Å². The lowest BCUT2D eigenvalue weighted by atomic mass is 10.2. The molecular weight excluding hydrogens is 437 g/mol. The van der Waals surface area contributed by atoms with E-state index in [1.807, 2.05) is 37.3 Å². The number of nitrogens with zero attached hydrogens (tertiary/aromatic N) is 4. The van der Waals surface area contributed by atoms with Crippen molar-refractivity contribution in [1.82, 2.24) is 19.6 Å². The van der Waals surface area contributed by atoms with Crippen LogP contribution in [0.3, 0.4) is 0 Å². The summed E-state index contributed by atoms with van der Waals surface area (Å²) >= 11 is 11.9. The number of aromatic nitrogens is 4. The first kappa shape index (κ1) is 21.0. The van der Waals surface area contributed by atoms with Gasteiger partial charge in [0.1, 0.15) is 5.75 Å². The minimum atomic E-state index is -0.305. The molecule has 9 heteroatoms. The number of anilines is 1. The van der Waals surface area contributed by atoms with Gasteiger partial charge in [-0.25, -0.2) is 4.68 Å². The van der Waals surface area contributed by atoms with Crippen molar-refractivity contribution < 1.29 is 9.53 Å². The number of benzene rings is 2.